The average molecular weight is 388 g/mol. The van der Waals surface area contributed by atoms with Gasteiger partial charge in [0.25, 0.3) is 0 Å². The van der Waals surface area contributed by atoms with E-state index >= 15 is 0 Å². The Morgan fingerprint density at radius 2 is 1.81 bits per heavy atom. The fraction of sp³-hybridized carbons (Fsp3) is 0.250. The number of hydrogen-bond acceptors (Lipinski definition) is 6. The molecular formula is C20H18ClNO5. The summed E-state index contributed by atoms with van der Waals surface area (Å²) in [5, 5.41) is 9.09. The molecule has 0 atom stereocenters. The van der Waals surface area contributed by atoms with Crippen LogP contribution in [0.2, 0.25) is 5.02 Å². The number of carbonyl (C=O) groups is 2. The zero-order valence-corrected chi connectivity index (χ0v) is 15.7. The first-order chi connectivity index (χ1) is 13.0. The first kappa shape index (κ1) is 20.3. The van der Waals surface area contributed by atoms with E-state index in [4.69, 9.17) is 31.1 Å². The maximum Gasteiger partial charge on any atom is 0.349 e. The molecule has 0 heterocycles. The van der Waals surface area contributed by atoms with Crippen LogP contribution in [0.4, 0.5) is 0 Å². The monoisotopic (exact) mass is 387 g/mol. The Labute approximate surface area is 162 Å². The molecule has 27 heavy (non-hydrogen) atoms. The summed E-state index contributed by atoms with van der Waals surface area (Å²) >= 11 is 6.09. The highest BCUT2D eigenvalue weighted by Gasteiger charge is 2.17. The molecule has 0 unspecified atom stereocenters. The van der Waals surface area contributed by atoms with Crippen molar-refractivity contribution in [1.82, 2.24) is 0 Å². The number of Topliss-reactive ketones (excluding diaryl/α,β-unsaturated/α-hetero) is 1. The van der Waals surface area contributed by atoms with Crippen molar-refractivity contribution in [2.45, 2.75) is 20.3 Å². The summed E-state index contributed by atoms with van der Waals surface area (Å²) in [7, 11) is 0. The lowest BCUT2D eigenvalue weighted by Crippen LogP contribution is -2.18. The zero-order valence-electron chi connectivity index (χ0n) is 15.0. The van der Waals surface area contributed by atoms with Gasteiger partial charge in [0.2, 0.25) is 0 Å². The second-order valence-corrected chi connectivity index (χ2v) is 5.80. The Kier molecular flexibility index (Phi) is 7.21. The number of esters is 1. The highest BCUT2D eigenvalue weighted by Crippen LogP contribution is 2.36. The van der Waals surface area contributed by atoms with E-state index in [-0.39, 0.29) is 28.9 Å². The van der Waals surface area contributed by atoms with Gasteiger partial charge in [-0.05, 0) is 37.3 Å². The number of nitriles is 1. The number of ether oxygens (including phenoxy) is 3. The molecule has 0 saturated heterocycles. The molecule has 6 nitrogen and oxygen atoms in total. The van der Waals surface area contributed by atoms with Crippen LogP contribution in [0.1, 0.15) is 36.2 Å². The topological polar surface area (TPSA) is 85.6 Å². The van der Waals surface area contributed by atoms with Crippen LogP contribution in [0.3, 0.4) is 0 Å². The molecule has 0 aliphatic heterocycles. The fourth-order valence-corrected chi connectivity index (χ4v) is 2.47. The van der Waals surface area contributed by atoms with Gasteiger partial charge < -0.3 is 14.2 Å². The number of rotatable bonds is 8. The maximum absolute atomic E-state index is 12.1. The van der Waals surface area contributed by atoms with Crippen LogP contribution in [-0.4, -0.2) is 25.0 Å². The van der Waals surface area contributed by atoms with E-state index in [1.807, 2.05) is 6.07 Å². The molecule has 0 amide bonds. The van der Waals surface area contributed by atoms with E-state index < -0.39 is 5.97 Å². The fourth-order valence-electron chi connectivity index (χ4n) is 2.22. The predicted molar refractivity (Wildman–Crippen MR) is 99.5 cm³/mol. The number of nitrogens with zero attached hydrogens (tertiary/aromatic N) is 1. The lowest BCUT2D eigenvalue weighted by Gasteiger charge is -2.13. The average Bonchev–Trinajstić information content (AvgIpc) is 2.68. The molecule has 2 aromatic carbocycles. The molecule has 140 valence electrons. The van der Waals surface area contributed by atoms with Gasteiger partial charge in [-0.2, -0.15) is 5.26 Å². The van der Waals surface area contributed by atoms with Crippen molar-refractivity contribution >= 4 is 23.4 Å². The Bertz CT molecular complexity index is 871. The number of benzene rings is 2. The molecule has 0 aliphatic rings. The minimum atomic E-state index is -0.684. The molecule has 2 rings (SSSR count). The van der Waals surface area contributed by atoms with Gasteiger partial charge in [-0.25, -0.2) is 4.79 Å². The minimum absolute atomic E-state index is 0.0277. The van der Waals surface area contributed by atoms with Crippen molar-refractivity contribution in [3.63, 3.8) is 0 Å². The van der Waals surface area contributed by atoms with E-state index in [1.165, 1.54) is 12.1 Å². The van der Waals surface area contributed by atoms with Crippen molar-refractivity contribution < 1.29 is 23.8 Å². The van der Waals surface area contributed by atoms with Crippen LogP contribution >= 0.6 is 11.6 Å². The Balaban J connectivity index is 2.03. The van der Waals surface area contributed by atoms with E-state index in [0.29, 0.717) is 29.9 Å². The third kappa shape index (κ3) is 5.47. The molecule has 0 radical (unpaired) electrons. The van der Waals surface area contributed by atoms with Gasteiger partial charge in [-0.3, -0.25) is 4.79 Å². The Morgan fingerprint density at radius 1 is 1.11 bits per heavy atom. The molecule has 0 N–H and O–H groups in total. The summed E-state index contributed by atoms with van der Waals surface area (Å²) in [6.45, 7) is 3.50. The van der Waals surface area contributed by atoms with Crippen molar-refractivity contribution in [2.75, 3.05) is 13.2 Å². The van der Waals surface area contributed by atoms with Gasteiger partial charge in [-0.1, -0.05) is 18.5 Å². The van der Waals surface area contributed by atoms with E-state index in [1.54, 1.807) is 38.1 Å². The normalized spacial score (nSPS) is 10.0. The third-order valence-electron chi connectivity index (χ3n) is 3.51. The molecule has 0 fully saturated rings. The first-order valence-corrected chi connectivity index (χ1v) is 8.69. The smallest absolute Gasteiger partial charge is 0.349 e. The lowest BCUT2D eigenvalue weighted by atomic mass is 10.1. The number of carbonyl (C=O) groups excluding carboxylic acids is 2. The van der Waals surface area contributed by atoms with Gasteiger partial charge in [-0.15, -0.1) is 0 Å². The Hall–Kier alpha value is -3.04. The molecule has 7 heteroatoms. The second-order valence-electron chi connectivity index (χ2n) is 5.39. The summed E-state index contributed by atoms with van der Waals surface area (Å²) < 4.78 is 16.0. The lowest BCUT2D eigenvalue weighted by molar-refractivity contribution is -0.136. The molecule has 0 aliphatic carbocycles. The maximum atomic E-state index is 12.1. The van der Waals surface area contributed by atoms with Crippen molar-refractivity contribution in [2.24, 2.45) is 0 Å². The van der Waals surface area contributed by atoms with E-state index in [0.717, 1.165) is 0 Å². The highest BCUT2D eigenvalue weighted by atomic mass is 35.5. The van der Waals surface area contributed by atoms with Crippen molar-refractivity contribution in [1.29, 1.82) is 5.26 Å². The summed E-state index contributed by atoms with van der Waals surface area (Å²) in [4.78, 5) is 23.7. The molecule has 0 aromatic heterocycles. The minimum Gasteiger partial charge on any atom is -0.490 e. The summed E-state index contributed by atoms with van der Waals surface area (Å²) in [5.74, 6) is 0.0130. The highest BCUT2D eigenvalue weighted by molar-refractivity contribution is 6.32. The summed E-state index contributed by atoms with van der Waals surface area (Å²) in [6.07, 6.45) is 0.417. The third-order valence-corrected chi connectivity index (χ3v) is 3.79. The number of ketones is 1. The van der Waals surface area contributed by atoms with Crippen LogP contribution in [0.5, 0.6) is 17.2 Å². The quantitative estimate of drug-likeness (QED) is 0.383. The van der Waals surface area contributed by atoms with E-state index in [9.17, 15) is 9.59 Å². The van der Waals surface area contributed by atoms with Crippen LogP contribution in [0.25, 0.3) is 0 Å². The van der Waals surface area contributed by atoms with Gasteiger partial charge in [0.15, 0.2) is 23.9 Å². The molecule has 0 spiro atoms. The number of hydrogen-bond donors (Lipinski definition) is 0. The molecule has 0 saturated carbocycles. The van der Waals surface area contributed by atoms with Gasteiger partial charge in [0.05, 0.1) is 23.3 Å². The summed E-state index contributed by atoms with van der Waals surface area (Å²) in [5.41, 5.74) is 0.874. The van der Waals surface area contributed by atoms with Crippen LogP contribution in [0, 0.1) is 11.3 Å². The van der Waals surface area contributed by atoms with Crippen LogP contribution in [-0.2, 0) is 4.79 Å². The van der Waals surface area contributed by atoms with Gasteiger partial charge >= 0.3 is 5.97 Å². The van der Waals surface area contributed by atoms with E-state index in [2.05, 4.69) is 0 Å². The van der Waals surface area contributed by atoms with Crippen LogP contribution in [0.15, 0.2) is 36.4 Å². The van der Waals surface area contributed by atoms with Crippen molar-refractivity contribution in [3.05, 3.63) is 52.5 Å². The Morgan fingerprint density at radius 3 is 2.41 bits per heavy atom. The first-order valence-electron chi connectivity index (χ1n) is 8.31. The van der Waals surface area contributed by atoms with Gasteiger partial charge in [0, 0.05) is 18.1 Å². The SMILES string of the molecule is CCOc1cc(C#N)cc(Cl)c1OC(=O)COc1ccc(C(=O)CC)cc1. The molecular weight excluding hydrogens is 370 g/mol. The zero-order chi connectivity index (χ0) is 19.8. The molecule has 0 bridgehead atoms. The van der Waals surface area contributed by atoms with Crippen LogP contribution < -0.4 is 14.2 Å². The van der Waals surface area contributed by atoms with Gasteiger partial charge in [0.1, 0.15) is 5.75 Å². The molecule has 2 aromatic rings. The second kappa shape index (κ2) is 9.60. The number of halogens is 1. The standard InChI is InChI=1S/C20H18ClNO5/c1-3-17(23)14-5-7-15(8-6-14)26-12-19(24)27-20-16(21)9-13(11-22)10-18(20)25-4-2/h5-10H,3-4,12H2,1-2H3. The summed E-state index contributed by atoms with van der Waals surface area (Å²) in [6, 6.07) is 11.3. The van der Waals surface area contributed by atoms with Crippen molar-refractivity contribution in [3.8, 4) is 23.3 Å². The largest absolute Gasteiger partial charge is 0.490 e. The predicted octanol–water partition coefficient (Wildman–Crippen LogP) is 4.19.